The molecule has 0 spiro atoms. The number of imide groups is 1. The molecule has 0 aliphatic carbocycles. The molecule has 2 aromatic rings. The minimum absolute atomic E-state index is 0.00627. The molecule has 0 aromatic heterocycles. The maximum atomic E-state index is 12.7. The van der Waals surface area contributed by atoms with Crippen LogP contribution in [-0.2, 0) is 14.3 Å². The first kappa shape index (κ1) is 23.4. The Hall–Kier alpha value is -3.76. The lowest BCUT2D eigenvalue weighted by Gasteiger charge is -2.17. The van der Waals surface area contributed by atoms with Crippen LogP contribution < -0.4 is 10.9 Å². The van der Waals surface area contributed by atoms with Gasteiger partial charge in [-0.1, -0.05) is 23.7 Å². The zero-order valence-electron chi connectivity index (χ0n) is 17.8. The van der Waals surface area contributed by atoms with Crippen molar-refractivity contribution in [2.24, 2.45) is 0 Å². The number of carbonyl (C=O) groups excluding carboxylic acids is 5. The molecule has 0 radical (unpaired) electrons. The van der Waals surface area contributed by atoms with Gasteiger partial charge in [0.25, 0.3) is 23.6 Å². The number of halogens is 1. The number of rotatable bonds is 6. The molecular formula is C23H20ClN3O7. The molecule has 0 saturated carbocycles. The fourth-order valence-corrected chi connectivity index (χ4v) is 3.89. The van der Waals surface area contributed by atoms with Crippen LogP contribution in [-0.4, -0.2) is 60.4 Å². The standard InChI is InChI=1S/C23H20ClN3O7/c24-18-6-2-1-5-16(18)20(29)26-25-19(28)12-34-23(32)13-7-8-15-17(10-13)22(31)27(21(15)30)11-14-4-3-9-33-14/h1-2,5-8,10,14H,3-4,9,11-12H2,(H,25,28)(H,26,29)/t14-/m1/s1. The van der Waals surface area contributed by atoms with Crippen LogP contribution in [0.25, 0.3) is 0 Å². The molecule has 2 heterocycles. The van der Waals surface area contributed by atoms with Gasteiger partial charge in [-0.3, -0.25) is 34.9 Å². The number of nitrogens with one attached hydrogen (secondary N) is 2. The number of fused-ring (bicyclic) bond motifs is 1. The Morgan fingerprint density at radius 1 is 1.06 bits per heavy atom. The van der Waals surface area contributed by atoms with Crippen LogP contribution in [0.5, 0.6) is 0 Å². The smallest absolute Gasteiger partial charge is 0.338 e. The highest BCUT2D eigenvalue weighted by molar-refractivity contribution is 6.33. The van der Waals surface area contributed by atoms with Crippen LogP contribution in [0, 0.1) is 0 Å². The quantitative estimate of drug-likeness (QED) is 0.362. The van der Waals surface area contributed by atoms with Gasteiger partial charge in [-0.05, 0) is 43.2 Å². The zero-order valence-corrected chi connectivity index (χ0v) is 18.6. The van der Waals surface area contributed by atoms with Crippen molar-refractivity contribution in [3.8, 4) is 0 Å². The van der Waals surface area contributed by atoms with Gasteiger partial charge in [0.1, 0.15) is 0 Å². The number of esters is 1. The summed E-state index contributed by atoms with van der Waals surface area (Å²) in [5, 5.41) is 0.208. The molecule has 1 saturated heterocycles. The summed E-state index contributed by atoms with van der Waals surface area (Å²) in [6.07, 6.45) is 1.45. The Bertz CT molecular complexity index is 1180. The molecule has 0 unspecified atom stereocenters. The summed E-state index contributed by atoms with van der Waals surface area (Å²) in [5.41, 5.74) is 4.74. The predicted molar refractivity (Wildman–Crippen MR) is 118 cm³/mol. The van der Waals surface area contributed by atoms with Gasteiger partial charge in [-0.15, -0.1) is 0 Å². The van der Waals surface area contributed by atoms with E-state index in [9.17, 15) is 24.0 Å². The lowest BCUT2D eigenvalue weighted by Crippen LogP contribution is -2.43. The first-order valence-electron chi connectivity index (χ1n) is 10.5. The summed E-state index contributed by atoms with van der Waals surface area (Å²) < 4.78 is 10.5. The van der Waals surface area contributed by atoms with Gasteiger partial charge in [-0.25, -0.2) is 4.79 Å². The molecule has 0 bridgehead atoms. The third-order valence-electron chi connectivity index (χ3n) is 5.38. The fraction of sp³-hybridized carbons (Fsp3) is 0.261. The van der Waals surface area contributed by atoms with Gasteiger partial charge in [-0.2, -0.15) is 0 Å². The van der Waals surface area contributed by atoms with Crippen molar-refractivity contribution in [2.45, 2.75) is 18.9 Å². The molecule has 10 nitrogen and oxygen atoms in total. The van der Waals surface area contributed by atoms with Gasteiger partial charge in [0, 0.05) is 6.61 Å². The largest absolute Gasteiger partial charge is 0.452 e. The Balaban J connectivity index is 1.31. The van der Waals surface area contributed by atoms with E-state index in [0.717, 1.165) is 17.7 Å². The summed E-state index contributed by atoms with van der Waals surface area (Å²) in [7, 11) is 0. The summed E-state index contributed by atoms with van der Waals surface area (Å²) in [5.74, 6) is -3.24. The van der Waals surface area contributed by atoms with E-state index >= 15 is 0 Å². The zero-order chi connectivity index (χ0) is 24.2. The number of hydrazine groups is 1. The first-order valence-corrected chi connectivity index (χ1v) is 10.9. The van der Waals surface area contributed by atoms with E-state index < -0.39 is 36.2 Å². The van der Waals surface area contributed by atoms with Crippen molar-refractivity contribution in [2.75, 3.05) is 19.8 Å². The van der Waals surface area contributed by atoms with Gasteiger partial charge in [0.2, 0.25) is 0 Å². The van der Waals surface area contributed by atoms with Gasteiger partial charge < -0.3 is 9.47 Å². The minimum atomic E-state index is -0.867. The van der Waals surface area contributed by atoms with Crippen LogP contribution in [0.3, 0.4) is 0 Å². The van der Waals surface area contributed by atoms with Crippen molar-refractivity contribution >= 4 is 41.2 Å². The monoisotopic (exact) mass is 485 g/mol. The fourth-order valence-electron chi connectivity index (χ4n) is 3.67. The van der Waals surface area contributed by atoms with Gasteiger partial charge in [0.15, 0.2) is 6.61 Å². The predicted octanol–water partition coefficient (Wildman–Crippen LogP) is 1.73. The lowest BCUT2D eigenvalue weighted by atomic mass is 10.1. The highest BCUT2D eigenvalue weighted by Gasteiger charge is 2.38. The Morgan fingerprint density at radius 2 is 1.82 bits per heavy atom. The lowest BCUT2D eigenvalue weighted by molar-refractivity contribution is -0.125. The average molecular weight is 486 g/mol. The van der Waals surface area contributed by atoms with Crippen LogP contribution in [0.4, 0.5) is 0 Å². The number of nitrogens with zero attached hydrogens (tertiary/aromatic N) is 1. The van der Waals surface area contributed by atoms with Crippen LogP contribution in [0.15, 0.2) is 42.5 Å². The molecule has 2 aliphatic heterocycles. The van der Waals surface area contributed by atoms with Crippen molar-refractivity contribution in [1.29, 1.82) is 0 Å². The highest BCUT2D eigenvalue weighted by atomic mass is 35.5. The normalized spacial score (nSPS) is 16.9. The number of amides is 4. The van der Waals surface area contributed by atoms with Crippen LogP contribution >= 0.6 is 11.6 Å². The SMILES string of the molecule is O=C(COC(=O)c1ccc2c(c1)C(=O)N(C[C@H]1CCCO1)C2=O)NNC(=O)c1ccccc1Cl. The second kappa shape index (κ2) is 10.0. The number of carbonyl (C=O) groups is 5. The molecule has 176 valence electrons. The second-order valence-electron chi connectivity index (χ2n) is 7.67. The number of hydrogen-bond donors (Lipinski definition) is 2. The maximum Gasteiger partial charge on any atom is 0.338 e. The molecule has 1 atom stereocenters. The molecule has 34 heavy (non-hydrogen) atoms. The third-order valence-corrected chi connectivity index (χ3v) is 5.71. The van der Waals surface area contributed by atoms with E-state index in [-0.39, 0.29) is 39.9 Å². The summed E-state index contributed by atoms with van der Waals surface area (Å²) in [6.45, 7) is 0.0734. The van der Waals surface area contributed by atoms with E-state index in [1.807, 2.05) is 0 Å². The summed E-state index contributed by atoms with van der Waals surface area (Å²) in [4.78, 5) is 62.7. The molecule has 4 amide bonds. The summed E-state index contributed by atoms with van der Waals surface area (Å²) >= 11 is 5.92. The number of hydrogen-bond acceptors (Lipinski definition) is 7. The maximum absolute atomic E-state index is 12.7. The first-order chi connectivity index (χ1) is 16.3. The molecule has 4 rings (SSSR count). The van der Waals surface area contributed by atoms with Crippen molar-refractivity contribution in [3.05, 3.63) is 69.7 Å². The molecule has 2 N–H and O–H groups in total. The van der Waals surface area contributed by atoms with Gasteiger partial charge >= 0.3 is 5.97 Å². The number of ether oxygens (including phenoxy) is 2. The Kier molecular flexibility index (Phi) is 6.90. The topological polar surface area (TPSA) is 131 Å². The van der Waals surface area contributed by atoms with Crippen molar-refractivity contribution in [3.63, 3.8) is 0 Å². The molecule has 11 heteroatoms. The second-order valence-corrected chi connectivity index (χ2v) is 8.08. The minimum Gasteiger partial charge on any atom is -0.452 e. The van der Waals surface area contributed by atoms with E-state index in [4.69, 9.17) is 21.1 Å². The van der Waals surface area contributed by atoms with Gasteiger partial charge in [0.05, 0.1) is 39.9 Å². The van der Waals surface area contributed by atoms with E-state index in [0.29, 0.717) is 6.61 Å². The molecule has 1 fully saturated rings. The van der Waals surface area contributed by atoms with Crippen LogP contribution in [0.1, 0.15) is 54.3 Å². The Labute approximate surface area is 199 Å². The highest BCUT2D eigenvalue weighted by Crippen LogP contribution is 2.26. The van der Waals surface area contributed by atoms with Crippen molar-refractivity contribution in [1.82, 2.24) is 15.8 Å². The Morgan fingerprint density at radius 3 is 2.56 bits per heavy atom. The van der Waals surface area contributed by atoms with E-state index in [1.165, 1.54) is 30.3 Å². The third kappa shape index (κ3) is 4.92. The molecular weight excluding hydrogens is 466 g/mol. The molecule has 2 aliphatic rings. The van der Waals surface area contributed by atoms with Crippen molar-refractivity contribution < 1.29 is 33.4 Å². The molecule has 2 aromatic carbocycles. The van der Waals surface area contributed by atoms with E-state index in [1.54, 1.807) is 12.1 Å². The summed E-state index contributed by atoms with van der Waals surface area (Å²) in [6, 6.07) is 10.3. The van der Waals surface area contributed by atoms with E-state index in [2.05, 4.69) is 10.9 Å². The number of benzene rings is 2. The average Bonchev–Trinajstić information content (AvgIpc) is 3.44. The van der Waals surface area contributed by atoms with Crippen LogP contribution in [0.2, 0.25) is 5.02 Å².